The van der Waals surface area contributed by atoms with Crippen LogP contribution >= 0.6 is 0 Å². The van der Waals surface area contributed by atoms with Crippen LogP contribution in [0.4, 0.5) is 5.69 Å². The van der Waals surface area contributed by atoms with Crippen molar-refractivity contribution in [3.63, 3.8) is 0 Å². The summed E-state index contributed by atoms with van der Waals surface area (Å²) in [6.07, 6.45) is 0. The summed E-state index contributed by atoms with van der Waals surface area (Å²) in [4.78, 5) is 23.0. The van der Waals surface area contributed by atoms with Gasteiger partial charge in [-0.3, -0.25) is 9.59 Å². The number of hydrogen-bond acceptors (Lipinski definition) is 3. The van der Waals surface area contributed by atoms with Crippen LogP contribution in [0.2, 0.25) is 0 Å². The molecule has 0 aromatic heterocycles. The van der Waals surface area contributed by atoms with Crippen LogP contribution in [0.3, 0.4) is 0 Å². The van der Waals surface area contributed by atoms with Gasteiger partial charge in [0.05, 0.1) is 11.3 Å². The third-order valence-electron chi connectivity index (χ3n) is 4.03. The van der Waals surface area contributed by atoms with Gasteiger partial charge >= 0.3 is 0 Å². The maximum atomic E-state index is 11.8. The molecule has 0 fully saturated rings. The first-order chi connectivity index (χ1) is 12.0. The van der Waals surface area contributed by atoms with Gasteiger partial charge in [-0.2, -0.15) is 0 Å². The molecule has 0 atom stereocenters. The number of anilines is 1. The van der Waals surface area contributed by atoms with E-state index in [1.807, 2.05) is 36.4 Å². The van der Waals surface area contributed by atoms with Gasteiger partial charge in [0.25, 0.3) is 5.91 Å². The smallest absolute Gasteiger partial charge is 0.250 e. The fourth-order valence-corrected chi connectivity index (χ4v) is 2.71. The lowest BCUT2D eigenvalue weighted by atomic mass is 9.93. The number of carbonyl (C=O) groups excluding carboxylic acids is 2. The lowest BCUT2D eigenvalue weighted by Crippen LogP contribution is -2.14. The second-order valence-corrected chi connectivity index (χ2v) is 5.66. The van der Waals surface area contributed by atoms with E-state index in [0.717, 1.165) is 16.7 Å². The number of amides is 2. The van der Waals surface area contributed by atoms with Crippen LogP contribution in [0.15, 0.2) is 66.7 Å². The Hall–Kier alpha value is -3.60. The Bertz CT molecular complexity index is 949. The van der Waals surface area contributed by atoms with Crippen molar-refractivity contribution in [2.24, 2.45) is 11.5 Å². The molecule has 0 saturated heterocycles. The van der Waals surface area contributed by atoms with E-state index in [4.69, 9.17) is 17.2 Å². The summed E-state index contributed by atoms with van der Waals surface area (Å²) >= 11 is 0. The van der Waals surface area contributed by atoms with Crippen LogP contribution in [0.5, 0.6) is 0 Å². The van der Waals surface area contributed by atoms with E-state index in [9.17, 15) is 9.59 Å². The highest BCUT2D eigenvalue weighted by Gasteiger charge is 2.15. The minimum absolute atomic E-state index is 0.260. The normalized spacial score (nSPS) is 10.4. The molecule has 0 heterocycles. The molecular formula is C20H17N3O2. The summed E-state index contributed by atoms with van der Waals surface area (Å²) in [5.74, 6) is -1.10. The van der Waals surface area contributed by atoms with Crippen LogP contribution < -0.4 is 17.2 Å². The van der Waals surface area contributed by atoms with Crippen LogP contribution in [0.25, 0.3) is 22.3 Å². The van der Waals surface area contributed by atoms with Gasteiger partial charge in [-0.05, 0) is 41.0 Å². The number of nitrogens with two attached hydrogens (primary N) is 3. The van der Waals surface area contributed by atoms with E-state index in [-0.39, 0.29) is 5.56 Å². The van der Waals surface area contributed by atoms with Crippen molar-refractivity contribution in [1.29, 1.82) is 0 Å². The molecule has 124 valence electrons. The van der Waals surface area contributed by atoms with Crippen LogP contribution in [0.1, 0.15) is 20.7 Å². The highest BCUT2D eigenvalue weighted by molar-refractivity contribution is 6.03. The predicted octanol–water partition coefficient (Wildman–Crippen LogP) is 2.80. The molecule has 0 saturated carbocycles. The summed E-state index contributed by atoms with van der Waals surface area (Å²) in [6.45, 7) is 0. The fraction of sp³-hybridized carbons (Fsp3) is 0. The molecule has 0 unspecified atom stereocenters. The summed E-state index contributed by atoms with van der Waals surface area (Å²) in [7, 11) is 0. The monoisotopic (exact) mass is 331 g/mol. The Balaban J connectivity index is 2.19. The van der Waals surface area contributed by atoms with Gasteiger partial charge in [0.2, 0.25) is 5.91 Å². The topological polar surface area (TPSA) is 112 Å². The Morgan fingerprint density at radius 1 is 0.680 bits per heavy atom. The average molecular weight is 331 g/mol. The molecule has 3 aromatic rings. The largest absolute Gasteiger partial charge is 0.398 e. The molecule has 5 nitrogen and oxygen atoms in total. The SMILES string of the molecule is NC(=O)c1ccc(-c2cc(-c3ccccc3)cc(C(N)=O)c2N)cc1. The number of benzene rings is 3. The van der Waals surface area contributed by atoms with Crippen molar-refractivity contribution >= 4 is 17.5 Å². The number of nitrogen functional groups attached to an aromatic ring is 1. The molecule has 3 rings (SSSR count). The lowest BCUT2D eigenvalue weighted by molar-refractivity contribution is 0.0992. The average Bonchev–Trinajstić information content (AvgIpc) is 2.62. The summed E-state index contributed by atoms with van der Waals surface area (Å²) in [5.41, 5.74) is 21.1. The first-order valence-corrected chi connectivity index (χ1v) is 7.66. The van der Waals surface area contributed by atoms with Crippen molar-refractivity contribution < 1.29 is 9.59 Å². The molecule has 6 N–H and O–H groups in total. The summed E-state index contributed by atoms with van der Waals surface area (Å²) in [6, 6.07) is 19.9. The van der Waals surface area contributed by atoms with Crippen molar-refractivity contribution in [1.82, 2.24) is 0 Å². The lowest BCUT2D eigenvalue weighted by Gasteiger charge is -2.13. The summed E-state index contributed by atoms with van der Waals surface area (Å²) in [5, 5.41) is 0. The molecule has 0 aliphatic heterocycles. The maximum Gasteiger partial charge on any atom is 0.250 e. The van der Waals surface area contributed by atoms with Crippen LogP contribution in [0, 0.1) is 0 Å². The van der Waals surface area contributed by atoms with Gasteiger partial charge in [-0.15, -0.1) is 0 Å². The zero-order valence-electron chi connectivity index (χ0n) is 13.4. The van der Waals surface area contributed by atoms with Gasteiger partial charge in [-0.25, -0.2) is 0 Å². The molecule has 3 aromatic carbocycles. The van der Waals surface area contributed by atoms with E-state index in [1.165, 1.54) is 0 Å². The van der Waals surface area contributed by atoms with E-state index >= 15 is 0 Å². The Labute approximate surface area is 145 Å². The molecule has 5 heteroatoms. The van der Waals surface area contributed by atoms with Crippen molar-refractivity contribution in [3.05, 3.63) is 77.9 Å². The Kier molecular flexibility index (Phi) is 4.22. The van der Waals surface area contributed by atoms with Crippen LogP contribution in [-0.2, 0) is 0 Å². The molecular weight excluding hydrogens is 314 g/mol. The number of carbonyl (C=O) groups is 2. The molecule has 0 aliphatic rings. The Morgan fingerprint density at radius 3 is 1.88 bits per heavy atom. The standard InChI is InChI=1S/C20H17N3O2/c21-18-16(13-6-8-14(9-7-13)19(22)24)10-15(11-17(18)20(23)25)12-4-2-1-3-5-12/h1-11H,21H2,(H2,22,24)(H2,23,25). The van der Waals surface area contributed by atoms with E-state index in [2.05, 4.69) is 0 Å². The van der Waals surface area contributed by atoms with Crippen LogP contribution in [-0.4, -0.2) is 11.8 Å². The van der Waals surface area contributed by atoms with Gasteiger partial charge in [0, 0.05) is 11.1 Å². The van der Waals surface area contributed by atoms with E-state index in [0.29, 0.717) is 16.8 Å². The summed E-state index contributed by atoms with van der Waals surface area (Å²) < 4.78 is 0. The van der Waals surface area contributed by atoms with Gasteiger partial charge in [0.15, 0.2) is 0 Å². The maximum absolute atomic E-state index is 11.8. The van der Waals surface area contributed by atoms with E-state index < -0.39 is 11.8 Å². The molecule has 0 radical (unpaired) electrons. The van der Waals surface area contributed by atoms with Crippen molar-refractivity contribution in [3.8, 4) is 22.3 Å². The number of primary amides is 2. The molecule has 0 spiro atoms. The number of rotatable bonds is 4. The number of hydrogen-bond donors (Lipinski definition) is 3. The van der Waals surface area contributed by atoms with Gasteiger partial charge in [0.1, 0.15) is 0 Å². The second kappa shape index (κ2) is 6.49. The van der Waals surface area contributed by atoms with Gasteiger partial charge in [-0.1, -0.05) is 42.5 Å². The highest BCUT2D eigenvalue weighted by Crippen LogP contribution is 2.34. The quantitative estimate of drug-likeness (QED) is 0.639. The minimum atomic E-state index is -0.592. The van der Waals surface area contributed by atoms with Crippen molar-refractivity contribution in [2.75, 3.05) is 5.73 Å². The highest BCUT2D eigenvalue weighted by atomic mass is 16.1. The molecule has 0 aliphatic carbocycles. The molecule has 2 amide bonds. The van der Waals surface area contributed by atoms with Crippen molar-refractivity contribution in [2.45, 2.75) is 0 Å². The molecule has 25 heavy (non-hydrogen) atoms. The first-order valence-electron chi connectivity index (χ1n) is 7.66. The zero-order valence-corrected chi connectivity index (χ0v) is 13.4. The third-order valence-corrected chi connectivity index (χ3v) is 4.03. The first kappa shape index (κ1) is 16.3. The van der Waals surface area contributed by atoms with Gasteiger partial charge < -0.3 is 17.2 Å². The minimum Gasteiger partial charge on any atom is -0.398 e. The Morgan fingerprint density at radius 2 is 1.32 bits per heavy atom. The molecule has 0 bridgehead atoms. The zero-order chi connectivity index (χ0) is 18.0. The predicted molar refractivity (Wildman–Crippen MR) is 98.8 cm³/mol. The van der Waals surface area contributed by atoms with E-state index in [1.54, 1.807) is 30.3 Å². The fourth-order valence-electron chi connectivity index (χ4n) is 2.71. The second-order valence-electron chi connectivity index (χ2n) is 5.66. The third kappa shape index (κ3) is 3.21.